The minimum absolute atomic E-state index is 0.0656. The Bertz CT molecular complexity index is 582. The van der Waals surface area contributed by atoms with Crippen molar-refractivity contribution in [1.82, 2.24) is 9.78 Å². The fourth-order valence-corrected chi connectivity index (χ4v) is 1.85. The van der Waals surface area contributed by atoms with E-state index in [0.29, 0.717) is 21.4 Å². The molecule has 0 unspecified atom stereocenters. The van der Waals surface area contributed by atoms with Gasteiger partial charge in [-0.25, -0.2) is 0 Å². The lowest BCUT2D eigenvalue weighted by Crippen LogP contribution is -2.19. The zero-order chi connectivity index (χ0) is 13.1. The van der Waals surface area contributed by atoms with Crippen molar-refractivity contribution >= 4 is 40.5 Å². The molecule has 0 aliphatic carbocycles. The minimum Gasteiger partial charge on any atom is -0.396 e. The van der Waals surface area contributed by atoms with Crippen LogP contribution >= 0.6 is 23.2 Å². The maximum Gasteiger partial charge on any atom is 0.246 e. The van der Waals surface area contributed by atoms with E-state index in [1.54, 1.807) is 24.4 Å². The molecule has 0 radical (unpaired) electrons. The van der Waals surface area contributed by atoms with Crippen molar-refractivity contribution in [2.75, 3.05) is 11.1 Å². The first-order valence-electron chi connectivity index (χ1n) is 5.07. The molecule has 2 aromatic rings. The summed E-state index contributed by atoms with van der Waals surface area (Å²) in [5.74, 6) is -0.248. The minimum atomic E-state index is -0.248. The van der Waals surface area contributed by atoms with E-state index >= 15 is 0 Å². The number of carbonyl (C=O) groups is 1. The number of benzene rings is 1. The highest BCUT2D eigenvalue weighted by atomic mass is 35.5. The molecule has 5 nitrogen and oxygen atoms in total. The average Bonchev–Trinajstić information content (AvgIpc) is 2.68. The second-order valence-corrected chi connectivity index (χ2v) is 4.49. The Morgan fingerprint density at radius 3 is 2.83 bits per heavy atom. The molecular weight excluding hydrogens is 275 g/mol. The monoisotopic (exact) mass is 284 g/mol. The molecule has 1 amide bonds. The molecule has 18 heavy (non-hydrogen) atoms. The van der Waals surface area contributed by atoms with Crippen molar-refractivity contribution in [1.29, 1.82) is 0 Å². The van der Waals surface area contributed by atoms with Gasteiger partial charge in [0.1, 0.15) is 6.54 Å². The summed E-state index contributed by atoms with van der Waals surface area (Å²) in [7, 11) is 0. The van der Waals surface area contributed by atoms with Crippen LogP contribution in [0.1, 0.15) is 0 Å². The number of rotatable bonds is 3. The van der Waals surface area contributed by atoms with Crippen LogP contribution in [0.4, 0.5) is 11.4 Å². The summed E-state index contributed by atoms with van der Waals surface area (Å²) in [4.78, 5) is 11.7. The normalized spacial score (nSPS) is 10.3. The molecule has 94 valence electrons. The number of carbonyl (C=O) groups excluding carboxylic acids is 1. The second-order valence-electron chi connectivity index (χ2n) is 3.64. The Balaban J connectivity index is 2.03. The fraction of sp³-hybridized carbons (Fsp3) is 0.0909. The van der Waals surface area contributed by atoms with Crippen LogP contribution in [0.25, 0.3) is 0 Å². The number of nitrogens with zero attached hydrogens (tertiary/aromatic N) is 2. The largest absolute Gasteiger partial charge is 0.396 e. The third-order valence-electron chi connectivity index (χ3n) is 2.16. The van der Waals surface area contributed by atoms with E-state index in [1.165, 1.54) is 10.9 Å². The third-order valence-corrected chi connectivity index (χ3v) is 2.71. The standard InChI is InChI=1S/C11H10Cl2N4O/c12-7-1-2-10(9(13)3-7)16-11(18)6-17-5-8(14)4-15-17/h1-5H,6,14H2,(H,16,18). The van der Waals surface area contributed by atoms with Gasteiger partial charge in [-0.2, -0.15) is 5.10 Å². The van der Waals surface area contributed by atoms with Gasteiger partial charge in [-0.05, 0) is 18.2 Å². The highest BCUT2D eigenvalue weighted by Gasteiger charge is 2.07. The first-order valence-corrected chi connectivity index (χ1v) is 5.83. The zero-order valence-electron chi connectivity index (χ0n) is 9.23. The predicted molar refractivity (Wildman–Crippen MR) is 71.7 cm³/mol. The van der Waals surface area contributed by atoms with Crippen molar-refractivity contribution in [2.24, 2.45) is 0 Å². The van der Waals surface area contributed by atoms with Gasteiger partial charge >= 0.3 is 0 Å². The molecular formula is C11H10Cl2N4O. The van der Waals surface area contributed by atoms with Gasteiger partial charge in [0.25, 0.3) is 0 Å². The van der Waals surface area contributed by atoms with E-state index in [-0.39, 0.29) is 12.5 Å². The Morgan fingerprint density at radius 1 is 1.44 bits per heavy atom. The summed E-state index contributed by atoms with van der Waals surface area (Å²) in [6.07, 6.45) is 3.05. The average molecular weight is 285 g/mol. The molecule has 0 saturated carbocycles. The van der Waals surface area contributed by atoms with Crippen LogP contribution in [0.2, 0.25) is 10.0 Å². The van der Waals surface area contributed by atoms with Gasteiger partial charge in [0.15, 0.2) is 0 Å². The Labute approximate surface area is 113 Å². The summed E-state index contributed by atoms with van der Waals surface area (Å²) < 4.78 is 1.44. The molecule has 0 atom stereocenters. The lowest BCUT2D eigenvalue weighted by molar-refractivity contribution is -0.116. The number of nitrogens with one attached hydrogen (secondary N) is 1. The smallest absolute Gasteiger partial charge is 0.246 e. The summed E-state index contributed by atoms with van der Waals surface area (Å²) in [6, 6.07) is 4.85. The second kappa shape index (κ2) is 5.29. The van der Waals surface area contributed by atoms with E-state index in [9.17, 15) is 4.79 Å². The number of hydrogen-bond donors (Lipinski definition) is 2. The van der Waals surface area contributed by atoms with Crippen LogP contribution in [-0.2, 0) is 11.3 Å². The molecule has 0 aliphatic heterocycles. The van der Waals surface area contributed by atoms with Crippen molar-refractivity contribution < 1.29 is 4.79 Å². The topological polar surface area (TPSA) is 72.9 Å². The molecule has 7 heteroatoms. The van der Waals surface area contributed by atoms with Crippen LogP contribution in [0.15, 0.2) is 30.6 Å². The number of aromatic nitrogens is 2. The first-order chi connectivity index (χ1) is 8.54. The lowest BCUT2D eigenvalue weighted by atomic mass is 10.3. The molecule has 0 spiro atoms. The number of anilines is 2. The van der Waals surface area contributed by atoms with Crippen molar-refractivity contribution in [2.45, 2.75) is 6.54 Å². The molecule has 1 aromatic heterocycles. The number of nitrogens with two attached hydrogens (primary N) is 1. The number of halogens is 2. The van der Waals surface area contributed by atoms with Gasteiger partial charge in [-0.3, -0.25) is 9.48 Å². The van der Waals surface area contributed by atoms with Gasteiger partial charge in [0.2, 0.25) is 5.91 Å². The first kappa shape index (κ1) is 12.7. The van der Waals surface area contributed by atoms with Crippen molar-refractivity contribution in [3.63, 3.8) is 0 Å². The highest BCUT2D eigenvalue weighted by Crippen LogP contribution is 2.25. The van der Waals surface area contributed by atoms with Gasteiger partial charge in [0.05, 0.1) is 22.6 Å². The van der Waals surface area contributed by atoms with E-state index in [2.05, 4.69) is 10.4 Å². The van der Waals surface area contributed by atoms with Crippen LogP contribution in [0, 0.1) is 0 Å². The molecule has 0 saturated heterocycles. The maximum atomic E-state index is 11.7. The quantitative estimate of drug-likeness (QED) is 0.909. The van der Waals surface area contributed by atoms with Gasteiger partial charge in [-0.15, -0.1) is 0 Å². The number of amides is 1. The molecule has 3 N–H and O–H groups in total. The lowest BCUT2D eigenvalue weighted by Gasteiger charge is -2.07. The molecule has 1 aromatic carbocycles. The summed E-state index contributed by atoms with van der Waals surface area (Å²) >= 11 is 11.7. The summed E-state index contributed by atoms with van der Waals surface area (Å²) in [5.41, 5.74) is 6.51. The SMILES string of the molecule is Nc1cnn(CC(=O)Nc2ccc(Cl)cc2Cl)c1. The molecule has 2 rings (SSSR count). The zero-order valence-corrected chi connectivity index (χ0v) is 10.7. The molecule has 0 aliphatic rings. The van der Waals surface area contributed by atoms with Gasteiger partial charge < -0.3 is 11.1 Å². The third kappa shape index (κ3) is 3.15. The fourth-order valence-electron chi connectivity index (χ4n) is 1.39. The van der Waals surface area contributed by atoms with Crippen LogP contribution < -0.4 is 11.1 Å². The van der Waals surface area contributed by atoms with Crippen LogP contribution in [0.5, 0.6) is 0 Å². The van der Waals surface area contributed by atoms with Crippen molar-refractivity contribution in [3.05, 3.63) is 40.6 Å². The van der Waals surface area contributed by atoms with E-state index in [1.807, 2.05) is 0 Å². The van der Waals surface area contributed by atoms with Crippen LogP contribution in [-0.4, -0.2) is 15.7 Å². The van der Waals surface area contributed by atoms with E-state index in [4.69, 9.17) is 28.9 Å². The maximum absolute atomic E-state index is 11.7. The van der Waals surface area contributed by atoms with Crippen molar-refractivity contribution in [3.8, 4) is 0 Å². The summed E-state index contributed by atoms with van der Waals surface area (Å²) in [6.45, 7) is 0.0656. The number of hydrogen-bond acceptors (Lipinski definition) is 3. The van der Waals surface area contributed by atoms with Gasteiger partial charge in [-0.1, -0.05) is 23.2 Å². The van der Waals surface area contributed by atoms with Gasteiger partial charge in [0, 0.05) is 11.2 Å². The Kier molecular flexibility index (Phi) is 3.74. The highest BCUT2D eigenvalue weighted by molar-refractivity contribution is 6.36. The number of nitrogen functional groups attached to an aromatic ring is 1. The molecule has 1 heterocycles. The summed E-state index contributed by atoms with van der Waals surface area (Å²) in [5, 5.41) is 7.47. The van der Waals surface area contributed by atoms with E-state index < -0.39 is 0 Å². The van der Waals surface area contributed by atoms with Crippen LogP contribution in [0.3, 0.4) is 0 Å². The Morgan fingerprint density at radius 2 is 2.22 bits per heavy atom. The Hall–Kier alpha value is -1.72. The molecule has 0 bridgehead atoms. The molecule has 0 fully saturated rings. The van der Waals surface area contributed by atoms with E-state index in [0.717, 1.165) is 0 Å². The predicted octanol–water partition coefficient (Wildman–Crippen LogP) is 2.41.